The molecule has 0 aromatic carbocycles. The van der Waals surface area contributed by atoms with Crippen molar-refractivity contribution in [3.05, 3.63) is 0 Å². The van der Waals surface area contributed by atoms with E-state index >= 15 is 0 Å². The highest BCUT2D eigenvalue weighted by atomic mass is 32.0. The highest BCUT2D eigenvalue weighted by molar-refractivity contribution is 8.05. The summed E-state index contributed by atoms with van der Waals surface area (Å²) in [4.78, 5) is 0. The van der Waals surface area contributed by atoms with Crippen molar-refractivity contribution in [3.63, 3.8) is 0 Å². The Hall–Kier alpha value is 0.530. The van der Waals surface area contributed by atoms with Crippen molar-refractivity contribution < 1.29 is 4.57 Å². The molecule has 0 aliphatic heterocycles. The Kier molecular flexibility index (Phi) is 4.00. The lowest BCUT2D eigenvalue weighted by Crippen LogP contribution is -1.05. The second-order valence-electron chi connectivity index (χ2n) is 0.352. The van der Waals surface area contributed by atoms with E-state index < -0.39 is 0 Å². The predicted octanol–water partition coefficient (Wildman–Crippen LogP) is 1.23. The third-order valence-electron chi connectivity index (χ3n) is 0.102. The van der Waals surface area contributed by atoms with Gasteiger partial charge in [-0.2, -0.15) is 0 Å². The summed E-state index contributed by atoms with van der Waals surface area (Å²) in [5.41, 5.74) is 0. The van der Waals surface area contributed by atoms with Crippen molar-refractivity contribution in [2.75, 3.05) is 6.66 Å². The van der Waals surface area contributed by atoms with E-state index in [1.807, 2.05) is 6.66 Å². The van der Waals surface area contributed by atoms with Gasteiger partial charge >= 0.3 is 0 Å². The van der Waals surface area contributed by atoms with Gasteiger partial charge in [-0.25, -0.2) is 0 Å². The van der Waals surface area contributed by atoms with E-state index in [0.29, 0.717) is 8.27 Å². The molecule has 0 aromatic heterocycles. The lowest BCUT2D eigenvalue weighted by Gasteiger charge is -1.53. The Balaban J connectivity index is 2.30. The van der Waals surface area contributed by atoms with Crippen LogP contribution in [0, 0.1) is 0 Å². The molecule has 3 heteroatoms. The largest absolute Gasteiger partial charge is 0.286 e. The summed E-state index contributed by atoms with van der Waals surface area (Å²) in [7, 11) is 0.531. The molecular formula is CH5OP2. The van der Waals surface area contributed by atoms with Crippen molar-refractivity contribution in [1.29, 1.82) is 0 Å². The molecule has 0 fully saturated rings. The summed E-state index contributed by atoms with van der Waals surface area (Å²) < 4.78 is 9.34. The maximum atomic E-state index is 9.34. The first-order chi connectivity index (χ1) is 1.91. The van der Waals surface area contributed by atoms with Gasteiger partial charge in [0.2, 0.25) is 0 Å². The minimum absolute atomic E-state index is 0.0818. The molecule has 25 valence electrons. The second-order valence-corrected chi connectivity index (χ2v) is 3.17. The Labute approximate surface area is 28.7 Å². The third-order valence-corrected chi connectivity index (χ3v) is 0.919. The first-order valence-electron chi connectivity index (χ1n) is 0.954. The topological polar surface area (TPSA) is 17.1 Å². The average Bonchev–Trinajstić information content (AvgIpc) is 1.37. The lowest BCUT2D eigenvalue weighted by atomic mass is 12.0. The normalized spacial score (nSPS) is 11.2. The molecule has 0 heterocycles. The van der Waals surface area contributed by atoms with E-state index in [-0.39, 0.29) is 8.15 Å². The van der Waals surface area contributed by atoms with Crippen LogP contribution in [0.3, 0.4) is 0 Å². The zero-order valence-corrected chi connectivity index (χ0v) is 4.41. The molecule has 0 amide bonds. The molecule has 0 N–H and O–H groups in total. The van der Waals surface area contributed by atoms with E-state index in [1.54, 1.807) is 0 Å². The maximum absolute atomic E-state index is 9.34. The van der Waals surface area contributed by atoms with Crippen LogP contribution in [-0.2, 0) is 4.57 Å². The molecule has 0 rings (SSSR count). The molecule has 0 saturated carbocycles. The van der Waals surface area contributed by atoms with Crippen molar-refractivity contribution in [3.8, 4) is 0 Å². The summed E-state index contributed by atoms with van der Waals surface area (Å²) in [6.45, 7) is 1.91. The van der Waals surface area contributed by atoms with Crippen molar-refractivity contribution >= 4 is 16.4 Å². The van der Waals surface area contributed by atoms with Crippen LogP contribution in [0.1, 0.15) is 0 Å². The fraction of sp³-hybridized carbons (Fsp3) is 1.00. The van der Waals surface area contributed by atoms with Gasteiger partial charge in [0.15, 0.2) is 0 Å². The van der Waals surface area contributed by atoms with Crippen LogP contribution in [0.15, 0.2) is 0 Å². The Morgan fingerprint density at radius 3 is 2.00 bits per heavy atom. The molecular weight excluding hydrogens is 90.0 g/mol. The molecule has 0 saturated heterocycles. The first kappa shape index (κ1) is 4.53. The fourth-order valence-electron chi connectivity index (χ4n) is 0. The molecule has 1 radical (unpaired) electrons. The smallest absolute Gasteiger partial charge is 0.0774 e. The minimum Gasteiger partial charge on any atom is -0.286 e. The van der Waals surface area contributed by atoms with Gasteiger partial charge in [0.05, 0.1) is 8.15 Å². The lowest BCUT2D eigenvalue weighted by molar-refractivity contribution is 0.605. The summed E-state index contributed by atoms with van der Waals surface area (Å²) in [6.07, 6.45) is 0. The molecule has 0 spiro atoms. The molecule has 0 bridgehead atoms. The van der Waals surface area contributed by atoms with Gasteiger partial charge in [-0.05, 0) is 14.9 Å². The molecule has 0 aliphatic rings. The Bertz CT molecular complexity index is 20.0. The van der Waals surface area contributed by atoms with Gasteiger partial charge < -0.3 is 0 Å². The fourth-order valence-corrected chi connectivity index (χ4v) is 0. The van der Waals surface area contributed by atoms with Crippen LogP contribution in [0.5, 0.6) is 0 Å². The average molecular weight is 95.0 g/mol. The van der Waals surface area contributed by atoms with E-state index in [4.69, 9.17) is 0 Å². The number of rotatable bonds is 1. The molecule has 2 atom stereocenters. The molecule has 0 aromatic rings. The summed E-state index contributed by atoms with van der Waals surface area (Å²) in [5, 5.41) is 0. The molecule has 2 unspecified atom stereocenters. The van der Waals surface area contributed by atoms with Gasteiger partial charge in [0.1, 0.15) is 0 Å². The van der Waals surface area contributed by atoms with Gasteiger partial charge in [-0.1, -0.05) is 0 Å². The maximum Gasteiger partial charge on any atom is 0.0774 e. The summed E-state index contributed by atoms with van der Waals surface area (Å²) in [6, 6.07) is 0. The van der Waals surface area contributed by atoms with Gasteiger partial charge in [-0.3, -0.25) is 4.57 Å². The number of hydrogen-bond acceptors (Lipinski definition) is 1. The van der Waals surface area contributed by atoms with Crippen molar-refractivity contribution in [2.45, 2.75) is 0 Å². The third kappa shape index (κ3) is 2.53. The van der Waals surface area contributed by atoms with Gasteiger partial charge in [0, 0.05) is 0 Å². The van der Waals surface area contributed by atoms with Crippen LogP contribution in [0.4, 0.5) is 0 Å². The zero-order chi connectivity index (χ0) is 3.41. The number of hydrogen-bond donors (Lipinski definition) is 0. The highest BCUT2D eigenvalue weighted by Gasteiger charge is 1.49. The summed E-state index contributed by atoms with van der Waals surface area (Å²) >= 11 is 0. The van der Waals surface area contributed by atoms with E-state index in [9.17, 15) is 4.57 Å². The molecule has 0 aliphatic carbocycles. The van der Waals surface area contributed by atoms with Gasteiger partial charge in [-0.15, -0.1) is 0 Å². The summed E-state index contributed by atoms with van der Waals surface area (Å²) in [5.74, 6) is 0. The van der Waals surface area contributed by atoms with Gasteiger partial charge in [0.25, 0.3) is 0 Å². The van der Waals surface area contributed by atoms with E-state index in [2.05, 4.69) is 0 Å². The molecule has 4 heavy (non-hydrogen) atoms. The minimum atomic E-state index is -0.0818. The Morgan fingerprint density at radius 1 is 1.75 bits per heavy atom. The molecule has 1 nitrogen and oxygen atoms in total. The van der Waals surface area contributed by atoms with Crippen LogP contribution in [-0.4, -0.2) is 6.66 Å². The van der Waals surface area contributed by atoms with E-state index in [0.717, 1.165) is 0 Å². The van der Waals surface area contributed by atoms with Crippen molar-refractivity contribution in [1.82, 2.24) is 0 Å². The second kappa shape index (κ2) is 3.53. The zero-order valence-electron chi connectivity index (χ0n) is 2.41. The Morgan fingerprint density at radius 2 is 2.00 bits per heavy atom. The van der Waals surface area contributed by atoms with Crippen LogP contribution < -0.4 is 0 Å². The highest BCUT2D eigenvalue weighted by Crippen LogP contribution is 2.18. The quantitative estimate of drug-likeness (QED) is 0.447. The van der Waals surface area contributed by atoms with Crippen LogP contribution >= 0.6 is 16.4 Å². The monoisotopic (exact) mass is 95.0 g/mol. The predicted molar refractivity (Wildman–Crippen MR) is 23.2 cm³/mol. The van der Waals surface area contributed by atoms with Crippen molar-refractivity contribution in [2.24, 2.45) is 0 Å². The SMILES string of the molecule is CP[PH]=O. The first-order valence-corrected chi connectivity index (χ1v) is 4.36. The van der Waals surface area contributed by atoms with E-state index in [1.165, 1.54) is 0 Å². The van der Waals surface area contributed by atoms with Crippen LogP contribution in [0.2, 0.25) is 0 Å². The standard InChI is InChI=1S/CH5OP2/c1-3-4-2/h3-4H,1H3. The van der Waals surface area contributed by atoms with Crippen LogP contribution in [0.25, 0.3) is 0 Å².